The van der Waals surface area contributed by atoms with Gasteiger partial charge in [-0.2, -0.15) is 0 Å². The van der Waals surface area contributed by atoms with Crippen LogP contribution in [-0.2, 0) is 10.5 Å². The Bertz CT molecular complexity index is 199. The molecule has 0 aliphatic heterocycles. The van der Waals surface area contributed by atoms with Gasteiger partial charge in [0.05, 0.1) is 0 Å². The molecule has 0 bridgehead atoms. The Kier molecular flexibility index (Phi) is 7.64. The standard InChI is InChI=1S/C9H14OSi.C2H6/c1-10-11(2)8-9-6-4-3-5-7-9;1-2/h3-7,11H,8H2,1-2H3;1-2H3. The predicted molar refractivity (Wildman–Crippen MR) is 61.5 cm³/mol. The first-order valence-corrected chi connectivity index (χ1v) is 7.34. The molecule has 1 nitrogen and oxygen atoms in total. The monoisotopic (exact) mass is 196 g/mol. The predicted octanol–water partition coefficient (Wildman–Crippen LogP) is 2.79. The van der Waals surface area contributed by atoms with Gasteiger partial charge in [0.15, 0.2) is 9.04 Å². The van der Waals surface area contributed by atoms with E-state index in [4.69, 9.17) is 4.43 Å². The van der Waals surface area contributed by atoms with E-state index in [-0.39, 0.29) is 0 Å². The quantitative estimate of drug-likeness (QED) is 0.676. The highest BCUT2D eigenvalue weighted by Crippen LogP contribution is 2.01. The molecule has 1 aromatic carbocycles. The van der Waals surface area contributed by atoms with E-state index in [1.807, 2.05) is 19.9 Å². The fourth-order valence-electron chi connectivity index (χ4n) is 1.03. The van der Waals surface area contributed by atoms with Crippen LogP contribution in [0.25, 0.3) is 0 Å². The summed E-state index contributed by atoms with van der Waals surface area (Å²) in [6.07, 6.45) is 0. The Labute approximate surface area is 83.5 Å². The molecule has 0 saturated carbocycles. The van der Waals surface area contributed by atoms with E-state index in [0.717, 1.165) is 6.04 Å². The summed E-state index contributed by atoms with van der Waals surface area (Å²) < 4.78 is 5.29. The molecule has 0 heterocycles. The van der Waals surface area contributed by atoms with Gasteiger partial charge in [0.25, 0.3) is 0 Å². The van der Waals surface area contributed by atoms with E-state index in [0.29, 0.717) is 0 Å². The number of hydrogen-bond acceptors (Lipinski definition) is 1. The lowest BCUT2D eigenvalue weighted by atomic mass is 10.2. The van der Waals surface area contributed by atoms with Crippen LogP contribution in [0.5, 0.6) is 0 Å². The molecule has 74 valence electrons. The minimum atomic E-state index is -0.908. The molecule has 0 radical (unpaired) electrons. The molecular weight excluding hydrogens is 176 g/mol. The summed E-state index contributed by atoms with van der Waals surface area (Å²) in [5, 5.41) is 0. The third-order valence-corrected chi connectivity index (χ3v) is 3.62. The van der Waals surface area contributed by atoms with Gasteiger partial charge < -0.3 is 4.43 Å². The van der Waals surface area contributed by atoms with E-state index in [2.05, 4.69) is 30.8 Å². The number of hydrogen-bond donors (Lipinski definition) is 0. The molecule has 1 atom stereocenters. The van der Waals surface area contributed by atoms with E-state index in [9.17, 15) is 0 Å². The Morgan fingerprint density at radius 3 is 2.15 bits per heavy atom. The lowest BCUT2D eigenvalue weighted by Crippen LogP contribution is -2.14. The highest BCUT2D eigenvalue weighted by molar-refractivity contribution is 6.49. The molecule has 2 heteroatoms. The average Bonchev–Trinajstić information content (AvgIpc) is 2.22. The van der Waals surface area contributed by atoms with E-state index >= 15 is 0 Å². The van der Waals surface area contributed by atoms with Gasteiger partial charge in [-0.05, 0) is 18.2 Å². The molecule has 0 aromatic heterocycles. The fraction of sp³-hybridized carbons (Fsp3) is 0.455. The molecular formula is C11H20OSi. The Morgan fingerprint density at radius 1 is 1.15 bits per heavy atom. The molecule has 1 unspecified atom stereocenters. The first kappa shape index (κ1) is 12.4. The summed E-state index contributed by atoms with van der Waals surface area (Å²) in [6.45, 7) is 6.22. The molecule has 13 heavy (non-hydrogen) atoms. The third kappa shape index (κ3) is 5.61. The zero-order valence-corrected chi connectivity index (χ0v) is 10.2. The maximum atomic E-state index is 5.29. The van der Waals surface area contributed by atoms with Gasteiger partial charge in [0, 0.05) is 7.11 Å². The first-order chi connectivity index (χ1) is 6.33. The molecule has 0 aliphatic rings. The van der Waals surface area contributed by atoms with Gasteiger partial charge in [0.1, 0.15) is 0 Å². The molecule has 1 rings (SSSR count). The van der Waals surface area contributed by atoms with Crippen LogP contribution in [0.1, 0.15) is 19.4 Å². The van der Waals surface area contributed by atoms with Gasteiger partial charge >= 0.3 is 0 Å². The zero-order valence-electron chi connectivity index (χ0n) is 9.08. The lowest BCUT2D eigenvalue weighted by Gasteiger charge is -2.06. The maximum absolute atomic E-state index is 5.29. The second-order valence-corrected chi connectivity index (χ2v) is 5.24. The first-order valence-electron chi connectivity index (χ1n) is 4.89. The van der Waals surface area contributed by atoms with Crippen molar-refractivity contribution in [3.8, 4) is 0 Å². The second kappa shape index (κ2) is 8.02. The van der Waals surface area contributed by atoms with Crippen molar-refractivity contribution >= 4 is 9.04 Å². The normalized spacial score (nSPS) is 11.4. The van der Waals surface area contributed by atoms with Crippen LogP contribution in [-0.4, -0.2) is 16.2 Å². The Hall–Kier alpha value is -0.603. The van der Waals surface area contributed by atoms with Gasteiger partial charge in [0.2, 0.25) is 0 Å². The van der Waals surface area contributed by atoms with Crippen LogP contribution < -0.4 is 0 Å². The van der Waals surface area contributed by atoms with Crippen molar-refractivity contribution in [2.75, 3.05) is 7.11 Å². The van der Waals surface area contributed by atoms with Crippen molar-refractivity contribution < 1.29 is 4.43 Å². The average molecular weight is 196 g/mol. The smallest absolute Gasteiger partial charge is 0.177 e. The van der Waals surface area contributed by atoms with Crippen molar-refractivity contribution in [3.63, 3.8) is 0 Å². The molecule has 0 saturated heterocycles. The number of benzene rings is 1. The zero-order chi connectivity index (χ0) is 10.1. The fourth-order valence-corrected chi connectivity index (χ4v) is 2.13. The summed E-state index contributed by atoms with van der Waals surface area (Å²) in [5.74, 6) is 0. The van der Waals surface area contributed by atoms with E-state index in [1.165, 1.54) is 5.56 Å². The maximum Gasteiger partial charge on any atom is 0.177 e. The Balaban J connectivity index is 0.000000671. The summed E-state index contributed by atoms with van der Waals surface area (Å²) in [6, 6.07) is 11.6. The highest BCUT2D eigenvalue weighted by Gasteiger charge is 2.02. The lowest BCUT2D eigenvalue weighted by molar-refractivity contribution is 0.423. The van der Waals surface area contributed by atoms with Crippen LogP contribution in [0.2, 0.25) is 6.55 Å². The van der Waals surface area contributed by atoms with Crippen molar-refractivity contribution in [1.82, 2.24) is 0 Å². The minimum Gasteiger partial charge on any atom is -0.423 e. The van der Waals surface area contributed by atoms with Crippen molar-refractivity contribution in [1.29, 1.82) is 0 Å². The van der Waals surface area contributed by atoms with Crippen LogP contribution in [0, 0.1) is 0 Å². The summed E-state index contributed by atoms with van der Waals surface area (Å²) in [5.41, 5.74) is 1.40. The summed E-state index contributed by atoms with van der Waals surface area (Å²) in [4.78, 5) is 0. The SMILES string of the molecule is CC.CO[SiH](C)Cc1ccccc1. The minimum absolute atomic E-state index is 0.908. The van der Waals surface area contributed by atoms with E-state index in [1.54, 1.807) is 7.11 Å². The van der Waals surface area contributed by atoms with E-state index < -0.39 is 9.04 Å². The number of rotatable bonds is 3. The molecule has 0 amide bonds. The Morgan fingerprint density at radius 2 is 1.69 bits per heavy atom. The van der Waals surface area contributed by atoms with Crippen molar-refractivity contribution in [2.24, 2.45) is 0 Å². The van der Waals surface area contributed by atoms with Crippen LogP contribution in [0.15, 0.2) is 30.3 Å². The molecule has 0 N–H and O–H groups in total. The highest BCUT2D eigenvalue weighted by atomic mass is 28.3. The van der Waals surface area contributed by atoms with Crippen LogP contribution >= 0.6 is 0 Å². The molecule has 0 spiro atoms. The van der Waals surface area contributed by atoms with Crippen molar-refractivity contribution in [3.05, 3.63) is 35.9 Å². The summed E-state index contributed by atoms with van der Waals surface area (Å²) >= 11 is 0. The second-order valence-electron chi connectivity index (χ2n) is 2.74. The van der Waals surface area contributed by atoms with Gasteiger partial charge in [-0.25, -0.2) is 0 Å². The topological polar surface area (TPSA) is 9.23 Å². The third-order valence-electron chi connectivity index (χ3n) is 1.77. The van der Waals surface area contributed by atoms with Crippen molar-refractivity contribution in [2.45, 2.75) is 26.4 Å². The molecule has 0 fully saturated rings. The van der Waals surface area contributed by atoms with Crippen LogP contribution in [0.4, 0.5) is 0 Å². The van der Waals surface area contributed by atoms with Gasteiger partial charge in [-0.1, -0.05) is 44.2 Å². The molecule has 1 aromatic rings. The van der Waals surface area contributed by atoms with Gasteiger partial charge in [-0.3, -0.25) is 0 Å². The molecule has 0 aliphatic carbocycles. The van der Waals surface area contributed by atoms with Crippen LogP contribution in [0.3, 0.4) is 0 Å². The van der Waals surface area contributed by atoms with Gasteiger partial charge in [-0.15, -0.1) is 0 Å². The largest absolute Gasteiger partial charge is 0.423 e. The summed E-state index contributed by atoms with van der Waals surface area (Å²) in [7, 11) is 0.897.